The number of amides is 2. The van der Waals surface area contributed by atoms with Crippen molar-refractivity contribution in [2.75, 3.05) is 18.5 Å². The lowest BCUT2D eigenvalue weighted by Crippen LogP contribution is -2.21. The molecular weight excluding hydrogens is 392 g/mol. The van der Waals surface area contributed by atoms with Crippen LogP contribution in [0.3, 0.4) is 0 Å². The number of nitrogens with two attached hydrogens (primary N) is 1. The Labute approximate surface area is 152 Å². The summed E-state index contributed by atoms with van der Waals surface area (Å²) in [5.74, 6) is -1.31. The van der Waals surface area contributed by atoms with Gasteiger partial charge in [-0.3, -0.25) is 9.59 Å². The SMILES string of the molecule is NC(=O)COc1ccc(C(=O)OCC(=O)Nc2ccccc2Br)cc1. The number of primary amides is 1. The average Bonchev–Trinajstić information content (AvgIpc) is 2.60. The standard InChI is InChI=1S/C17H15BrN2O5/c18-13-3-1-2-4-14(13)20-16(22)10-25-17(23)11-5-7-12(8-6-11)24-9-15(19)21/h1-8H,9-10H2,(H2,19,21)(H,20,22). The summed E-state index contributed by atoms with van der Waals surface area (Å²) in [5, 5.41) is 2.63. The van der Waals surface area contributed by atoms with Gasteiger partial charge >= 0.3 is 5.97 Å². The first kappa shape index (κ1) is 18.5. The number of carbonyl (C=O) groups is 3. The van der Waals surface area contributed by atoms with Gasteiger partial charge < -0.3 is 20.5 Å². The highest BCUT2D eigenvalue weighted by Crippen LogP contribution is 2.21. The number of esters is 1. The largest absolute Gasteiger partial charge is 0.484 e. The Morgan fingerprint density at radius 2 is 1.68 bits per heavy atom. The van der Waals surface area contributed by atoms with Gasteiger partial charge in [-0.2, -0.15) is 0 Å². The zero-order chi connectivity index (χ0) is 18.2. The highest BCUT2D eigenvalue weighted by molar-refractivity contribution is 9.10. The molecule has 0 aliphatic rings. The minimum Gasteiger partial charge on any atom is -0.484 e. The molecule has 0 atom stereocenters. The minimum absolute atomic E-state index is 0.250. The predicted molar refractivity (Wildman–Crippen MR) is 94.2 cm³/mol. The van der Waals surface area contributed by atoms with E-state index in [1.165, 1.54) is 24.3 Å². The number of halogens is 1. The van der Waals surface area contributed by atoms with Gasteiger partial charge in [-0.15, -0.1) is 0 Å². The van der Waals surface area contributed by atoms with Crippen molar-refractivity contribution in [3.8, 4) is 5.75 Å². The molecule has 0 aliphatic carbocycles. The third-order valence-corrected chi connectivity index (χ3v) is 3.64. The summed E-state index contributed by atoms with van der Waals surface area (Å²) >= 11 is 3.31. The van der Waals surface area contributed by atoms with Gasteiger partial charge in [-0.1, -0.05) is 12.1 Å². The highest BCUT2D eigenvalue weighted by atomic mass is 79.9. The number of para-hydroxylation sites is 1. The van der Waals surface area contributed by atoms with E-state index >= 15 is 0 Å². The Kier molecular flexibility index (Phi) is 6.53. The van der Waals surface area contributed by atoms with Crippen LogP contribution >= 0.6 is 15.9 Å². The van der Waals surface area contributed by atoms with E-state index in [0.29, 0.717) is 11.4 Å². The number of hydrogen-bond acceptors (Lipinski definition) is 5. The van der Waals surface area contributed by atoms with Crippen LogP contribution in [0.5, 0.6) is 5.75 Å². The Morgan fingerprint density at radius 3 is 2.32 bits per heavy atom. The van der Waals surface area contributed by atoms with Crippen LogP contribution in [0.4, 0.5) is 5.69 Å². The lowest BCUT2D eigenvalue weighted by molar-refractivity contribution is -0.120. The molecule has 25 heavy (non-hydrogen) atoms. The van der Waals surface area contributed by atoms with Crippen LogP contribution in [-0.4, -0.2) is 31.0 Å². The molecule has 2 rings (SSSR count). The molecule has 0 saturated carbocycles. The molecule has 3 N–H and O–H groups in total. The van der Waals surface area contributed by atoms with Crippen LogP contribution in [0.2, 0.25) is 0 Å². The summed E-state index contributed by atoms with van der Waals surface area (Å²) in [6, 6.07) is 13.0. The lowest BCUT2D eigenvalue weighted by Gasteiger charge is -2.08. The van der Waals surface area contributed by atoms with Gasteiger partial charge in [0.05, 0.1) is 11.3 Å². The third kappa shape index (κ3) is 5.92. The molecule has 0 spiro atoms. The molecule has 2 aromatic rings. The number of benzene rings is 2. The van der Waals surface area contributed by atoms with Crippen molar-refractivity contribution in [1.29, 1.82) is 0 Å². The maximum absolute atomic E-state index is 11.9. The number of anilines is 1. The molecule has 0 unspecified atom stereocenters. The van der Waals surface area contributed by atoms with Crippen molar-refractivity contribution >= 4 is 39.4 Å². The van der Waals surface area contributed by atoms with E-state index in [1.54, 1.807) is 18.2 Å². The zero-order valence-corrected chi connectivity index (χ0v) is 14.6. The fourth-order valence-corrected chi connectivity index (χ4v) is 2.19. The Balaban J connectivity index is 1.84. The molecule has 8 heteroatoms. The molecular formula is C17H15BrN2O5. The summed E-state index contributed by atoms with van der Waals surface area (Å²) in [6.45, 7) is -0.668. The quantitative estimate of drug-likeness (QED) is 0.684. The van der Waals surface area contributed by atoms with Gasteiger partial charge in [0.2, 0.25) is 0 Å². The summed E-state index contributed by atoms with van der Waals surface area (Å²) in [4.78, 5) is 34.4. The molecule has 0 bridgehead atoms. The second kappa shape index (κ2) is 8.84. The van der Waals surface area contributed by atoms with Crippen molar-refractivity contribution in [1.82, 2.24) is 0 Å². The van der Waals surface area contributed by atoms with E-state index in [4.69, 9.17) is 15.2 Å². The van der Waals surface area contributed by atoms with Crippen LogP contribution in [0.25, 0.3) is 0 Å². The number of hydrogen-bond donors (Lipinski definition) is 2. The molecule has 0 heterocycles. The maximum atomic E-state index is 11.9. The van der Waals surface area contributed by atoms with Crippen molar-refractivity contribution in [3.05, 3.63) is 58.6 Å². The molecule has 2 amide bonds. The fraction of sp³-hybridized carbons (Fsp3) is 0.118. The third-order valence-electron chi connectivity index (χ3n) is 2.95. The van der Waals surface area contributed by atoms with Crippen molar-refractivity contribution in [3.63, 3.8) is 0 Å². The van der Waals surface area contributed by atoms with Gasteiger partial charge in [0.1, 0.15) is 5.75 Å². The van der Waals surface area contributed by atoms with Gasteiger partial charge in [-0.25, -0.2) is 4.79 Å². The summed E-state index contributed by atoms with van der Waals surface area (Å²) < 4.78 is 10.8. The van der Waals surface area contributed by atoms with Crippen molar-refractivity contribution in [2.45, 2.75) is 0 Å². The summed E-state index contributed by atoms with van der Waals surface area (Å²) in [7, 11) is 0. The van der Waals surface area contributed by atoms with E-state index in [-0.39, 0.29) is 12.2 Å². The molecule has 0 radical (unpaired) electrons. The second-order valence-electron chi connectivity index (χ2n) is 4.88. The fourth-order valence-electron chi connectivity index (χ4n) is 1.81. The maximum Gasteiger partial charge on any atom is 0.338 e. The first-order valence-corrected chi connectivity index (χ1v) is 7.97. The van der Waals surface area contributed by atoms with Crippen molar-refractivity contribution < 1.29 is 23.9 Å². The molecule has 130 valence electrons. The highest BCUT2D eigenvalue weighted by Gasteiger charge is 2.11. The van der Waals surface area contributed by atoms with Crippen LogP contribution in [-0.2, 0) is 14.3 Å². The van der Waals surface area contributed by atoms with E-state index < -0.39 is 24.4 Å². The van der Waals surface area contributed by atoms with Gasteiger partial charge in [0.15, 0.2) is 13.2 Å². The molecule has 0 aromatic heterocycles. The zero-order valence-electron chi connectivity index (χ0n) is 13.0. The van der Waals surface area contributed by atoms with E-state index in [1.807, 2.05) is 6.07 Å². The first-order chi connectivity index (χ1) is 12.0. The van der Waals surface area contributed by atoms with Crippen LogP contribution < -0.4 is 15.8 Å². The van der Waals surface area contributed by atoms with Crippen LogP contribution in [0.1, 0.15) is 10.4 Å². The smallest absolute Gasteiger partial charge is 0.338 e. The molecule has 0 aliphatic heterocycles. The lowest BCUT2D eigenvalue weighted by atomic mass is 10.2. The van der Waals surface area contributed by atoms with E-state index in [0.717, 1.165) is 4.47 Å². The average molecular weight is 407 g/mol. The van der Waals surface area contributed by atoms with E-state index in [2.05, 4.69) is 21.2 Å². The Hall–Kier alpha value is -2.87. The molecule has 2 aromatic carbocycles. The van der Waals surface area contributed by atoms with Gasteiger partial charge in [-0.05, 0) is 52.3 Å². The Bertz CT molecular complexity index is 777. The Morgan fingerprint density at radius 1 is 1.00 bits per heavy atom. The topological polar surface area (TPSA) is 108 Å². The van der Waals surface area contributed by atoms with Gasteiger partial charge in [0.25, 0.3) is 11.8 Å². The van der Waals surface area contributed by atoms with Crippen LogP contribution in [0, 0.1) is 0 Å². The second-order valence-corrected chi connectivity index (χ2v) is 5.74. The monoisotopic (exact) mass is 406 g/mol. The number of carbonyl (C=O) groups excluding carboxylic acids is 3. The molecule has 0 saturated heterocycles. The summed E-state index contributed by atoms with van der Waals surface area (Å²) in [5.41, 5.74) is 5.80. The normalized spacial score (nSPS) is 9.96. The number of nitrogens with one attached hydrogen (secondary N) is 1. The molecule has 0 fully saturated rings. The first-order valence-electron chi connectivity index (χ1n) is 7.18. The predicted octanol–water partition coefficient (Wildman–Crippen LogP) is 2.11. The number of rotatable bonds is 7. The number of ether oxygens (including phenoxy) is 2. The van der Waals surface area contributed by atoms with Crippen molar-refractivity contribution in [2.24, 2.45) is 5.73 Å². The summed E-state index contributed by atoms with van der Waals surface area (Å²) in [6.07, 6.45) is 0. The molecule has 7 nitrogen and oxygen atoms in total. The van der Waals surface area contributed by atoms with E-state index in [9.17, 15) is 14.4 Å². The van der Waals surface area contributed by atoms with Crippen LogP contribution in [0.15, 0.2) is 53.0 Å². The minimum atomic E-state index is -0.649. The van der Waals surface area contributed by atoms with Gasteiger partial charge in [0, 0.05) is 4.47 Å².